The van der Waals surface area contributed by atoms with Crippen LogP contribution in [0.4, 0.5) is 13.2 Å². The van der Waals surface area contributed by atoms with Gasteiger partial charge in [0.2, 0.25) is 0 Å². The fraction of sp³-hybridized carbons (Fsp3) is 0.524. The molecular formula is C21H19Cl2F3N2O4. The van der Waals surface area contributed by atoms with Crippen molar-refractivity contribution in [3.63, 3.8) is 0 Å². The zero-order valence-corrected chi connectivity index (χ0v) is 18.2. The first-order valence-corrected chi connectivity index (χ1v) is 11.1. The average Bonchev–Trinajstić information content (AvgIpc) is 3.38. The number of hydrogen-bond acceptors (Lipinski definition) is 6. The highest BCUT2D eigenvalue weighted by molar-refractivity contribution is 6.40. The van der Waals surface area contributed by atoms with E-state index in [1.807, 2.05) is 0 Å². The summed E-state index contributed by atoms with van der Waals surface area (Å²) in [5.74, 6) is -0.852. The van der Waals surface area contributed by atoms with Crippen LogP contribution in [0.5, 0.6) is 5.75 Å². The highest BCUT2D eigenvalue weighted by atomic mass is 35.5. The van der Waals surface area contributed by atoms with E-state index in [4.69, 9.17) is 32.5 Å². The lowest BCUT2D eigenvalue weighted by molar-refractivity contribution is -0.189. The van der Waals surface area contributed by atoms with Crippen molar-refractivity contribution in [1.29, 1.82) is 0 Å². The third-order valence-electron chi connectivity index (χ3n) is 6.34. The quantitative estimate of drug-likeness (QED) is 0.447. The predicted molar refractivity (Wildman–Crippen MR) is 109 cm³/mol. The molecule has 0 bridgehead atoms. The Bertz CT molecular complexity index is 1050. The van der Waals surface area contributed by atoms with Crippen LogP contribution >= 0.6 is 23.2 Å². The topological polar surface area (TPSA) is 73.6 Å². The molecule has 11 heteroatoms. The number of hydrogen-bond donors (Lipinski definition) is 1. The van der Waals surface area contributed by atoms with E-state index in [1.54, 1.807) is 0 Å². The van der Waals surface area contributed by atoms with Gasteiger partial charge in [-0.3, -0.25) is 0 Å². The number of alkyl halides is 3. The first kappa shape index (κ1) is 22.0. The fourth-order valence-corrected chi connectivity index (χ4v) is 5.01. The number of esters is 1. The monoisotopic (exact) mass is 490 g/mol. The first-order valence-electron chi connectivity index (χ1n) is 10.3. The van der Waals surface area contributed by atoms with Gasteiger partial charge in [-0.15, -0.1) is 0 Å². The molecule has 172 valence electrons. The van der Waals surface area contributed by atoms with E-state index in [9.17, 15) is 18.0 Å². The molecule has 2 aliphatic carbocycles. The summed E-state index contributed by atoms with van der Waals surface area (Å²) in [7, 11) is 0. The van der Waals surface area contributed by atoms with E-state index in [1.165, 1.54) is 6.07 Å². The van der Waals surface area contributed by atoms with Gasteiger partial charge in [-0.2, -0.15) is 13.2 Å². The van der Waals surface area contributed by atoms with Crippen LogP contribution in [0.25, 0.3) is 11.3 Å². The highest BCUT2D eigenvalue weighted by Gasteiger charge is 2.45. The molecule has 1 saturated heterocycles. The van der Waals surface area contributed by atoms with Gasteiger partial charge in [0.25, 0.3) is 0 Å². The van der Waals surface area contributed by atoms with Crippen LogP contribution in [0.1, 0.15) is 36.5 Å². The molecule has 5 rings (SSSR count). The minimum atomic E-state index is -5.16. The number of rotatable bonds is 6. The number of carbonyl (C=O) groups is 1. The maximum Gasteiger partial charge on any atom is 0.491 e. The Morgan fingerprint density at radius 2 is 2.03 bits per heavy atom. The molecule has 2 aromatic rings. The molecule has 32 heavy (non-hydrogen) atoms. The molecule has 2 saturated carbocycles. The van der Waals surface area contributed by atoms with Crippen molar-refractivity contribution in [2.45, 2.75) is 44.1 Å². The number of ether oxygens (including phenoxy) is 2. The molecule has 1 aromatic heterocycles. The molecule has 6 nitrogen and oxygen atoms in total. The van der Waals surface area contributed by atoms with E-state index in [2.05, 4.69) is 15.2 Å². The number of halogens is 5. The summed E-state index contributed by atoms with van der Waals surface area (Å²) in [4.78, 5) is 11.3. The fourth-order valence-electron chi connectivity index (χ4n) is 4.42. The molecule has 3 atom stereocenters. The van der Waals surface area contributed by atoms with Gasteiger partial charge in [0.1, 0.15) is 11.5 Å². The molecule has 2 heterocycles. The van der Waals surface area contributed by atoms with Gasteiger partial charge in [-0.1, -0.05) is 28.4 Å². The maximum absolute atomic E-state index is 12.6. The van der Waals surface area contributed by atoms with Gasteiger partial charge >= 0.3 is 12.1 Å². The second-order valence-electron chi connectivity index (χ2n) is 8.44. The lowest BCUT2D eigenvalue weighted by Gasteiger charge is -2.39. The standard InChI is InChI=1S/C21H19Cl2F3N2O4/c22-13-3-4-14(31-20(29)21(24,25)26)17(23)16(13)18-12(19(32-28-18)9-1-2-9)8-30-15-5-10-6-27-7-11(10)15/h3-4,9-11,15,27H,1-2,5-8H2/t10-,11+,15?/m1/s1. The number of carbonyl (C=O) groups excluding carboxylic acids is 1. The first-order chi connectivity index (χ1) is 15.2. The molecule has 1 N–H and O–H groups in total. The van der Waals surface area contributed by atoms with E-state index in [0.29, 0.717) is 23.2 Å². The minimum Gasteiger partial charge on any atom is -0.418 e. The molecule has 1 aromatic carbocycles. The third kappa shape index (κ3) is 4.00. The summed E-state index contributed by atoms with van der Waals surface area (Å²) in [5, 5.41) is 7.38. The Morgan fingerprint density at radius 3 is 2.72 bits per heavy atom. The van der Waals surface area contributed by atoms with Gasteiger partial charge in [-0.25, -0.2) is 4.79 Å². The lowest BCUT2D eigenvalue weighted by Crippen LogP contribution is -2.42. The van der Waals surface area contributed by atoms with Crippen LogP contribution < -0.4 is 10.1 Å². The number of nitrogens with one attached hydrogen (secondary N) is 1. The second kappa shape index (κ2) is 8.20. The number of nitrogens with zero attached hydrogens (tertiary/aromatic N) is 1. The van der Waals surface area contributed by atoms with Crippen molar-refractivity contribution in [3.8, 4) is 17.0 Å². The van der Waals surface area contributed by atoms with E-state index >= 15 is 0 Å². The Morgan fingerprint density at radius 1 is 1.25 bits per heavy atom. The molecule has 3 fully saturated rings. The Hall–Kier alpha value is -1.81. The lowest BCUT2D eigenvalue weighted by atomic mass is 9.73. The van der Waals surface area contributed by atoms with E-state index in [-0.39, 0.29) is 39.9 Å². The summed E-state index contributed by atoms with van der Waals surface area (Å²) in [6.45, 7) is 2.15. The molecule has 0 radical (unpaired) electrons. The van der Waals surface area contributed by atoms with Gasteiger partial charge in [-0.05, 0) is 43.9 Å². The zero-order valence-electron chi connectivity index (χ0n) is 16.7. The van der Waals surface area contributed by atoms with E-state index < -0.39 is 17.9 Å². The average molecular weight is 491 g/mol. The van der Waals surface area contributed by atoms with Crippen molar-refractivity contribution < 1.29 is 32.0 Å². The van der Waals surface area contributed by atoms with Crippen molar-refractivity contribution in [1.82, 2.24) is 10.5 Å². The zero-order chi connectivity index (χ0) is 22.6. The van der Waals surface area contributed by atoms with Gasteiger partial charge in [0.15, 0.2) is 5.75 Å². The Kier molecular flexibility index (Phi) is 5.64. The largest absolute Gasteiger partial charge is 0.491 e. The van der Waals surface area contributed by atoms with Crippen molar-refractivity contribution >= 4 is 29.2 Å². The SMILES string of the molecule is O=C(Oc1ccc(Cl)c(-c2noc(C3CC3)c2COC2C[C@@H]3CNC[C@H]23)c1Cl)C(F)(F)F. The molecule has 1 unspecified atom stereocenters. The molecule has 3 aliphatic rings. The summed E-state index contributed by atoms with van der Waals surface area (Å²) in [6.07, 6.45) is -2.17. The van der Waals surface area contributed by atoms with Gasteiger partial charge < -0.3 is 19.3 Å². The smallest absolute Gasteiger partial charge is 0.418 e. The molecule has 0 spiro atoms. The maximum atomic E-state index is 12.6. The van der Waals surface area contributed by atoms with Crippen molar-refractivity contribution in [2.24, 2.45) is 11.8 Å². The number of fused-ring (bicyclic) bond motifs is 1. The van der Waals surface area contributed by atoms with Crippen LogP contribution in [0.15, 0.2) is 16.7 Å². The van der Waals surface area contributed by atoms with Crippen LogP contribution in [-0.2, 0) is 16.1 Å². The Labute approximate surface area is 191 Å². The van der Waals surface area contributed by atoms with Crippen LogP contribution in [0.3, 0.4) is 0 Å². The molecular weight excluding hydrogens is 472 g/mol. The molecule has 0 amide bonds. The van der Waals surface area contributed by atoms with Gasteiger partial charge in [0, 0.05) is 29.5 Å². The van der Waals surface area contributed by atoms with Crippen LogP contribution in [0, 0.1) is 11.8 Å². The van der Waals surface area contributed by atoms with Crippen molar-refractivity contribution in [3.05, 3.63) is 33.5 Å². The predicted octanol–water partition coefficient (Wildman–Crippen LogP) is 5.12. The summed E-state index contributed by atoms with van der Waals surface area (Å²) in [5.41, 5.74) is 1.10. The number of benzene rings is 1. The van der Waals surface area contributed by atoms with Crippen molar-refractivity contribution in [2.75, 3.05) is 13.1 Å². The van der Waals surface area contributed by atoms with Crippen LogP contribution in [-0.4, -0.2) is 36.5 Å². The summed E-state index contributed by atoms with van der Waals surface area (Å²) < 4.78 is 54.2. The molecule has 1 aliphatic heterocycles. The van der Waals surface area contributed by atoms with E-state index in [0.717, 1.165) is 38.4 Å². The van der Waals surface area contributed by atoms with Gasteiger partial charge in [0.05, 0.1) is 22.8 Å². The minimum absolute atomic E-state index is 0.120. The number of aromatic nitrogens is 1. The summed E-state index contributed by atoms with van der Waals surface area (Å²) in [6, 6.07) is 2.41. The summed E-state index contributed by atoms with van der Waals surface area (Å²) >= 11 is 12.7. The Balaban J connectivity index is 1.45. The second-order valence-corrected chi connectivity index (χ2v) is 9.22. The highest BCUT2D eigenvalue weighted by Crippen LogP contribution is 2.48. The normalized spacial score (nSPS) is 24.8. The third-order valence-corrected chi connectivity index (χ3v) is 7.03. The van der Waals surface area contributed by atoms with Crippen LogP contribution in [0.2, 0.25) is 10.0 Å².